The van der Waals surface area contributed by atoms with Crippen molar-refractivity contribution in [3.63, 3.8) is 0 Å². The lowest BCUT2D eigenvalue weighted by Gasteiger charge is -2.01. The predicted octanol–water partition coefficient (Wildman–Crippen LogP) is 3.24. The van der Waals surface area contributed by atoms with Crippen LogP contribution < -0.4 is 0 Å². The molecule has 0 unspecified atom stereocenters. The molecule has 12 heavy (non-hydrogen) atoms. The third-order valence-electron chi connectivity index (χ3n) is 2.93. The molecule has 0 atom stereocenters. The molecule has 1 radical (unpaired) electrons. The maximum absolute atomic E-state index is 3.27. The van der Waals surface area contributed by atoms with Crippen LogP contribution in [0, 0.1) is 6.07 Å². The summed E-state index contributed by atoms with van der Waals surface area (Å²) in [5, 5.41) is 0. The fourth-order valence-electron chi connectivity index (χ4n) is 1.81. The third kappa shape index (κ3) is 1.16. The quantitative estimate of drug-likeness (QED) is 0.618. The van der Waals surface area contributed by atoms with E-state index in [1.165, 1.54) is 25.7 Å². The Kier molecular flexibility index (Phi) is 1.31. The van der Waals surface area contributed by atoms with Crippen molar-refractivity contribution in [3.05, 3.63) is 35.4 Å². The normalized spacial score (nSPS) is 22.7. The molecule has 2 aliphatic carbocycles. The van der Waals surface area contributed by atoms with Crippen LogP contribution in [0.4, 0.5) is 0 Å². The van der Waals surface area contributed by atoms with Gasteiger partial charge in [-0.15, -0.1) is 0 Å². The first kappa shape index (κ1) is 6.71. The molecule has 2 saturated carbocycles. The summed E-state index contributed by atoms with van der Waals surface area (Å²) < 4.78 is 0. The standard InChI is InChI=1S/C12H13/c1-2-11(9-4-5-9)8-12(3-1)10-6-7-10/h2-3,8-10H,4-7H2. The van der Waals surface area contributed by atoms with Crippen LogP contribution in [0.1, 0.15) is 48.6 Å². The van der Waals surface area contributed by atoms with Gasteiger partial charge in [-0.05, 0) is 54.7 Å². The molecule has 0 N–H and O–H groups in total. The Hall–Kier alpha value is -0.780. The van der Waals surface area contributed by atoms with E-state index in [1.54, 1.807) is 11.1 Å². The van der Waals surface area contributed by atoms with Crippen LogP contribution in [-0.4, -0.2) is 0 Å². The Balaban J connectivity index is 1.93. The van der Waals surface area contributed by atoms with Crippen LogP contribution in [0.3, 0.4) is 0 Å². The Bertz CT molecular complexity index is 265. The van der Waals surface area contributed by atoms with Crippen molar-refractivity contribution in [2.75, 3.05) is 0 Å². The minimum atomic E-state index is 0.889. The van der Waals surface area contributed by atoms with E-state index in [9.17, 15) is 0 Å². The van der Waals surface area contributed by atoms with Gasteiger partial charge >= 0.3 is 0 Å². The molecular weight excluding hydrogens is 144 g/mol. The Labute approximate surface area is 73.6 Å². The second-order valence-corrected chi connectivity index (χ2v) is 4.15. The summed E-state index contributed by atoms with van der Waals surface area (Å²) in [4.78, 5) is 0. The second-order valence-electron chi connectivity index (χ2n) is 4.15. The van der Waals surface area contributed by atoms with E-state index in [0.29, 0.717) is 0 Å². The third-order valence-corrected chi connectivity index (χ3v) is 2.93. The molecule has 0 aromatic heterocycles. The molecule has 0 amide bonds. The fourth-order valence-corrected chi connectivity index (χ4v) is 1.81. The molecule has 2 aliphatic rings. The summed E-state index contributed by atoms with van der Waals surface area (Å²) in [5.41, 5.74) is 3.08. The lowest BCUT2D eigenvalue weighted by atomic mass is 10.0. The number of benzene rings is 1. The fraction of sp³-hybridized carbons (Fsp3) is 0.500. The van der Waals surface area contributed by atoms with E-state index < -0.39 is 0 Å². The van der Waals surface area contributed by atoms with Crippen LogP contribution in [-0.2, 0) is 0 Å². The molecule has 0 saturated heterocycles. The maximum atomic E-state index is 3.27. The van der Waals surface area contributed by atoms with E-state index in [4.69, 9.17) is 0 Å². The Morgan fingerprint density at radius 3 is 1.83 bits per heavy atom. The number of rotatable bonds is 2. The highest BCUT2D eigenvalue weighted by Gasteiger charge is 2.27. The first-order valence-electron chi connectivity index (χ1n) is 4.94. The van der Waals surface area contributed by atoms with Gasteiger partial charge in [0.2, 0.25) is 0 Å². The molecule has 0 nitrogen and oxygen atoms in total. The monoisotopic (exact) mass is 157 g/mol. The van der Waals surface area contributed by atoms with Crippen molar-refractivity contribution in [1.29, 1.82) is 0 Å². The molecule has 0 heteroatoms. The second kappa shape index (κ2) is 2.35. The van der Waals surface area contributed by atoms with Gasteiger partial charge in [-0.2, -0.15) is 0 Å². The van der Waals surface area contributed by atoms with E-state index in [2.05, 4.69) is 24.3 Å². The van der Waals surface area contributed by atoms with E-state index in [0.717, 1.165) is 11.8 Å². The van der Waals surface area contributed by atoms with Crippen LogP contribution in [0.5, 0.6) is 0 Å². The van der Waals surface area contributed by atoms with Crippen molar-refractivity contribution >= 4 is 0 Å². The van der Waals surface area contributed by atoms with Crippen LogP contribution in [0.25, 0.3) is 0 Å². The van der Waals surface area contributed by atoms with Gasteiger partial charge in [-0.25, -0.2) is 0 Å². The van der Waals surface area contributed by atoms with Crippen molar-refractivity contribution in [1.82, 2.24) is 0 Å². The average Bonchev–Trinajstić information content (AvgIpc) is 2.98. The first-order chi connectivity index (χ1) is 5.93. The zero-order chi connectivity index (χ0) is 7.97. The van der Waals surface area contributed by atoms with Gasteiger partial charge in [0.25, 0.3) is 0 Å². The number of hydrogen-bond acceptors (Lipinski definition) is 0. The highest BCUT2D eigenvalue weighted by Crippen LogP contribution is 2.44. The summed E-state index contributed by atoms with van der Waals surface area (Å²) in [7, 11) is 0. The molecule has 3 rings (SSSR count). The first-order valence-corrected chi connectivity index (χ1v) is 4.94. The Morgan fingerprint density at radius 1 is 0.917 bits per heavy atom. The van der Waals surface area contributed by atoms with Crippen molar-refractivity contribution < 1.29 is 0 Å². The van der Waals surface area contributed by atoms with Crippen molar-refractivity contribution in [3.8, 4) is 0 Å². The maximum Gasteiger partial charge on any atom is -0.0161 e. The predicted molar refractivity (Wildman–Crippen MR) is 49.2 cm³/mol. The molecule has 1 aromatic rings. The summed E-state index contributed by atoms with van der Waals surface area (Å²) in [6.45, 7) is 0. The van der Waals surface area contributed by atoms with Gasteiger partial charge in [0, 0.05) is 0 Å². The van der Waals surface area contributed by atoms with E-state index >= 15 is 0 Å². The Morgan fingerprint density at radius 2 is 1.42 bits per heavy atom. The molecule has 61 valence electrons. The molecule has 0 spiro atoms. The molecule has 1 aromatic carbocycles. The van der Waals surface area contributed by atoms with Gasteiger partial charge in [0.15, 0.2) is 0 Å². The highest BCUT2D eigenvalue weighted by atomic mass is 14.3. The summed E-state index contributed by atoms with van der Waals surface area (Å²) >= 11 is 0. The molecular formula is C12H13. The number of hydrogen-bond donors (Lipinski definition) is 0. The summed E-state index contributed by atoms with van der Waals surface area (Å²) in [6.07, 6.45) is 5.62. The van der Waals surface area contributed by atoms with Gasteiger partial charge in [0.1, 0.15) is 0 Å². The average molecular weight is 157 g/mol. The smallest absolute Gasteiger partial charge is 0.0161 e. The largest absolute Gasteiger partial charge is 0.0552 e. The molecule has 0 bridgehead atoms. The zero-order valence-corrected chi connectivity index (χ0v) is 7.22. The minimum Gasteiger partial charge on any atom is -0.0552 e. The SMILES string of the molecule is [c]1cc(C2CC2)cc(C2CC2)c1. The summed E-state index contributed by atoms with van der Waals surface area (Å²) in [5.74, 6) is 1.78. The van der Waals surface area contributed by atoms with Gasteiger partial charge < -0.3 is 0 Å². The molecule has 0 aliphatic heterocycles. The van der Waals surface area contributed by atoms with Crippen LogP contribution >= 0.6 is 0 Å². The van der Waals surface area contributed by atoms with Gasteiger partial charge in [-0.1, -0.05) is 18.2 Å². The van der Waals surface area contributed by atoms with Crippen molar-refractivity contribution in [2.45, 2.75) is 37.5 Å². The van der Waals surface area contributed by atoms with Crippen LogP contribution in [0.2, 0.25) is 0 Å². The van der Waals surface area contributed by atoms with Crippen molar-refractivity contribution in [2.24, 2.45) is 0 Å². The lowest BCUT2D eigenvalue weighted by molar-refractivity contribution is 1.07. The van der Waals surface area contributed by atoms with E-state index in [-0.39, 0.29) is 0 Å². The van der Waals surface area contributed by atoms with Gasteiger partial charge in [0.05, 0.1) is 0 Å². The highest BCUT2D eigenvalue weighted by molar-refractivity contribution is 5.32. The van der Waals surface area contributed by atoms with E-state index in [1.807, 2.05) is 0 Å². The zero-order valence-electron chi connectivity index (χ0n) is 7.22. The molecule has 2 fully saturated rings. The lowest BCUT2D eigenvalue weighted by Crippen LogP contribution is -1.83. The van der Waals surface area contributed by atoms with Crippen LogP contribution in [0.15, 0.2) is 18.2 Å². The molecule has 0 heterocycles. The minimum absolute atomic E-state index is 0.889. The topological polar surface area (TPSA) is 0 Å². The summed E-state index contributed by atoms with van der Waals surface area (Å²) in [6, 6.07) is 10.0. The van der Waals surface area contributed by atoms with Gasteiger partial charge in [-0.3, -0.25) is 0 Å².